The van der Waals surface area contributed by atoms with Gasteiger partial charge in [0.25, 0.3) is 0 Å². The molecule has 292 valence electrons. The predicted molar refractivity (Wildman–Crippen MR) is 217 cm³/mol. The van der Waals surface area contributed by atoms with E-state index in [1.54, 1.807) is 0 Å². The number of carbonyl (C=O) groups is 1. The number of hydrogen-bond donors (Lipinski definition) is 0. The minimum atomic E-state index is -0.0447. The Morgan fingerprint density at radius 2 is 1.50 bits per heavy atom. The standard InChI is InChI=1S/C46H85NO3/c1-8-11-13-14-17-21-26-42-38-43(42)27-22-18-15-16-19-23-28-44(49-7)31-36-50-45(48)30-29-41(25-20-12-9-2)40(10-3)37-39(4)46(5)32-24-34-47(6)35-33-46/h12,20,40-44H,4,8-11,13-19,21-38H2,1-3,5-7H3/b20-12-. The van der Waals surface area contributed by atoms with Crippen LogP contribution in [0.4, 0.5) is 0 Å². The van der Waals surface area contributed by atoms with Gasteiger partial charge in [-0.15, -0.1) is 0 Å². The molecule has 0 amide bonds. The fourth-order valence-electron chi connectivity index (χ4n) is 8.71. The van der Waals surface area contributed by atoms with Crippen LogP contribution in [0.3, 0.4) is 0 Å². The monoisotopic (exact) mass is 700 g/mol. The summed E-state index contributed by atoms with van der Waals surface area (Å²) in [4.78, 5) is 15.4. The maximum absolute atomic E-state index is 12.9. The summed E-state index contributed by atoms with van der Waals surface area (Å²) in [6.07, 6.45) is 37.3. The van der Waals surface area contributed by atoms with Crippen molar-refractivity contribution in [2.75, 3.05) is 33.9 Å². The fourth-order valence-corrected chi connectivity index (χ4v) is 8.71. The molecule has 1 saturated carbocycles. The molecule has 50 heavy (non-hydrogen) atoms. The van der Waals surface area contributed by atoms with Crippen LogP contribution in [0.25, 0.3) is 0 Å². The Morgan fingerprint density at radius 1 is 0.840 bits per heavy atom. The van der Waals surface area contributed by atoms with E-state index in [4.69, 9.17) is 9.47 Å². The second-order valence-corrected chi connectivity index (χ2v) is 17.0. The van der Waals surface area contributed by atoms with Crippen molar-refractivity contribution in [3.05, 3.63) is 24.3 Å². The zero-order valence-corrected chi connectivity index (χ0v) is 34.4. The molecule has 4 heteroatoms. The molecule has 0 aromatic carbocycles. The summed E-state index contributed by atoms with van der Waals surface area (Å²) in [6, 6.07) is 0. The lowest BCUT2D eigenvalue weighted by Crippen LogP contribution is -2.25. The molecule has 1 saturated heterocycles. The van der Waals surface area contributed by atoms with Crippen molar-refractivity contribution in [2.45, 2.75) is 201 Å². The molecule has 0 radical (unpaired) electrons. The molecule has 1 aliphatic carbocycles. The van der Waals surface area contributed by atoms with Gasteiger partial charge < -0.3 is 14.4 Å². The van der Waals surface area contributed by atoms with Crippen molar-refractivity contribution in [1.82, 2.24) is 4.90 Å². The molecular weight excluding hydrogens is 615 g/mol. The first-order valence-electron chi connectivity index (χ1n) is 22.0. The Kier molecular flexibility index (Phi) is 24.7. The summed E-state index contributed by atoms with van der Waals surface area (Å²) in [5.41, 5.74) is 1.66. The number of unbranched alkanes of at least 4 members (excludes halogenated alkanes) is 10. The summed E-state index contributed by atoms with van der Waals surface area (Å²) in [5.74, 6) is 3.13. The summed E-state index contributed by atoms with van der Waals surface area (Å²) >= 11 is 0. The van der Waals surface area contributed by atoms with Gasteiger partial charge in [-0.2, -0.15) is 0 Å². The minimum Gasteiger partial charge on any atom is -0.466 e. The number of carbonyl (C=O) groups excluding carboxylic acids is 1. The van der Waals surface area contributed by atoms with Crippen molar-refractivity contribution in [3.8, 4) is 0 Å². The van der Waals surface area contributed by atoms with Gasteiger partial charge in [-0.05, 0) is 107 Å². The average Bonchev–Trinajstić information content (AvgIpc) is 3.89. The average molecular weight is 700 g/mol. The zero-order valence-electron chi connectivity index (χ0n) is 34.4. The van der Waals surface area contributed by atoms with Gasteiger partial charge in [0, 0.05) is 20.0 Å². The van der Waals surface area contributed by atoms with Gasteiger partial charge in [0.05, 0.1) is 12.7 Å². The zero-order chi connectivity index (χ0) is 36.5. The molecule has 0 spiro atoms. The SMILES string of the molecule is C=C(CC(CC)C(C/C=C\CC)CCC(=O)OCCC(CCCCCCCCC1CC1CCCCCCCC)OC)C1(C)CCCN(C)CC1. The maximum atomic E-state index is 12.9. The Bertz CT molecular complexity index is 900. The normalized spacial score (nSPS) is 23.1. The molecule has 6 unspecified atom stereocenters. The van der Waals surface area contributed by atoms with E-state index in [1.165, 1.54) is 128 Å². The van der Waals surface area contributed by atoms with Gasteiger partial charge in [0.1, 0.15) is 0 Å². The van der Waals surface area contributed by atoms with Crippen LogP contribution in [-0.4, -0.2) is 50.8 Å². The number of hydrogen-bond acceptors (Lipinski definition) is 4. The minimum absolute atomic E-state index is 0.0447. The second-order valence-electron chi connectivity index (χ2n) is 17.0. The smallest absolute Gasteiger partial charge is 0.305 e. The van der Waals surface area contributed by atoms with Gasteiger partial charge in [-0.1, -0.05) is 148 Å². The second kappa shape index (κ2) is 27.5. The third-order valence-corrected chi connectivity index (χ3v) is 12.8. The van der Waals surface area contributed by atoms with E-state index in [-0.39, 0.29) is 17.5 Å². The third-order valence-electron chi connectivity index (χ3n) is 12.8. The highest BCUT2D eigenvalue weighted by molar-refractivity contribution is 5.69. The van der Waals surface area contributed by atoms with Crippen LogP contribution in [0.5, 0.6) is 0 Å². The first kappa shape index (κ1) is 45.0. The molecule has 4 nitrogen and oxygen atoms in total. The largest absolute Gasteiger partial charge is 0.466 e. The van der Waals surface area contributed by atoms with Crippen molar-refractivity contribution in [1.29, 1.82) is 0 Å². The van der Waals surface area contributed by atoms with E-state index >= 15 is 0 Å². The van der Waals surface area contributed by atoms with E-state index in [2.05, 4.69) is 58.4 Å². The molecule has 2 rings (SSSR count). The van der Waals surface area contributed by atoms with Crippen LogP contribution in [0.1, 0.15) is 195 Å². The topological polar surface area (TPSA) is 38.8 Å². The fraction of sp³-hybridized carbons (Fsp3) is 0.891. The Morgan fingerprint density at radius 3 is 2.14 bits per heavy atom. The van der Waals surface area contributed by atoms with E-state index in [0.29, 0.717) is 24.9 Å². The molecule has 1 heterocycles. The number of nitrogens with zero attached hydrogens (tertiary/aromatic N) is 1. The highest BCUT2D eigenvalue weighted by Crippen LogP contribution is 2.46. The van der Waals surface area contributed by atoms with Crippen molar-refractivity contribution in [2.24, 2.45) is 29.1 Å². The van der Waals surface area contributed by atoms with Crippen LogP contribution in [-0.2, 0) is 14.3 Å². The number of likely N-dealkylation sites (tertiary alicyclic amines) is 1. The quantitative estimate of drug-likeness (QED) is 0.0410. The van der Waals surface area contributed by atoms with Gasteiger partial charge in [0.15, 0.2) is 0 Å². The third kappa shape index (κ3) is 19.6. The lowest BCUT2D eigenvalue weighted by atomic mass is 9.70. The van der Waals surface area contributed by atoms with Crippen LogP contribution < -0.4 is 0 Å². The van der Waals surface area contributed by atoms with Crippen LogP contribution in [0.2, 0.25) is 0 Å². The van der Waals surface area contributed by atoms with Crippen molar-refractivity contribution < 1.29 is 14.3 Å². The predicted octanol–water partition coefficient (Wildman–Crippen LogP) is 13.3. The first-order chi connectivity index (χ1) is 24.3. The van der Waals surface area contributed by atoms with Gasteiger partial charge in [-0.3, -0.25) is 4.79 Å². The molecule has 6 atom stereocenters. The van der Waals surface area contributed by atoms with Crippen molar-refractivity contribution in [3.63, 3.8) is 0 Å². The Labute approximate surface area is 312 Å². The molecule has 0 N–H and O–H groups in total. The number of esters is 1. The number of rotatable bonds is 31. The Hall–Kier alpha value is -1.13. The Balaban J connectivity index is 1.58. The maximum Gasteiger partial charge on any atom is 0.305 e. The molecule has 2 aliphatic rings. The highest BCUT2D eigenvalue weighted by atomic mass is 16.5. The van der Waals surface area contributed by atoms with Gasteiger partial charge in [-0.25, -0.2) is 0 Å². The van der Waals surface area contributed by atoms with Gasteiger partial charge in [0.2, 0.25) is 0 Å². The van der Waals surface area contributed by atoms with Crippen LogP contribution in [0.15, 0.2) is 24.3 Å². The van der Waals surface area contributed by atoms with E-state index < -0.39 is 0 Å². The van der Waals surface area contributed by atoms with Crippen molar-refractivity contribution >= 4 is 5.97 Å². The molecule has 2 fully saturated rings. The lowest BCUT2D eigenvalue weighted by molar-refractivity contribution is -0.144. The molecule has 0 aromatic heterocycles. The summed E-state index contributed by atoms with van der Waals surface area (Å²) in [5, 5.41) is 0. The number of ether oxygens (including phenoxy) is 2. The summed E-state index contributed by atoms with van der Waals surface area (Å²) < 4.78 is 11.5. The molecule has 1 aliphatic heterocycles. The van der Waals surface area contributed by atoms with E-state index in [0.717, 1.165) is 63.3 Å². The number of methoxy groups -OCH3 is 1. The molecular formula is C46H85NO3. The van der Waals surface area contributed by atoms with Crippen LogP contribution in [0, 0.1) is 29.1 Å². The first-order valence-corrected chi connectivity index (χ1v) is 22.0. The van der Waals surface area contributed by atoms with Crippen LogP contribution >= 0.6 is 0 Å². The van der Waals surface area contributed by atoms with E-state index in [1.807, 2.05) is 7.11 Å². The van der Waals surface area contributed by atoms with E-state index in [9.17, 15) is 4.79 Å². The lowest BCUT2D eigenvalue weighted by Gasteiger charge is -2.35. The molecule has 0 bridgehead atoms. The summed E-state index contributed by atoms with van der Waals surface area (Å²) in [6.45, 7) is 16.8. The highest BCUT2D eigenvalue weighted by Gasteiger charge is 2.35. The van der Waals surface area contributed by atoms with Gasteiger partial charge >= 0.3 is 5.97 Å². The molecule has 0 aromatic rings. The summed E-state index contributed by atoms with van der Waals surface area (Å²) in [7, 11) is 4.06. The number of allylic oxidation sites excluding steroid dienone is 3.